The molecule has 0 fully saturated rings. The van der Waals surface area contributed by atoms with E-state index >= 15 is 0 Å². The van der Waals surface area contributed by atoms with Gasteiger partial charge in [0.25, 0.3) is 0 Å². The highest BCUT2D eigenvalue weighted by Gasteiger charge is 2.22. The van der Waals surface area contributed by atoms with Crippen LogP contribution in [0.3, 0.4) is 0 Å². The summed E-state index contributed by atoms with van der Waals surface area (Å²) in [5.41, 5.74) is 0.330. The minimum absolute atomic E-state index is 0.0788. The molecular weight excluding hydrogens is 212 g/mol. The van der Waals surface area contributed by atoms with Crippen LogP contribution in [-0.2, 0) is 6.42 Å². The molecular formula is C11H12O5. The molecule has 0 spiro atoms. The molecule has 0 amide bonds. The van der Waals surface area contributed by atoms with Crippen LogP contribution >= 0.6 is 0 Å². The molecule has 0 atom stereocenters. The summed E-state index contributed by atoms with van der Waals surface area (Å²) >= 11 is 0. The Labute approximate surface area is 92.3 Å². The molecule has 0 unspecified atom stereocenters. The maximum absolute atomic E-state index is 11.1. The molecule has 2 N–H and O–H groups in total. The minimum atomic E-state index is -1.21. The molecule has 1 rings (SSSR count). The fourth-order valence-electron chi connectivity index (χ4n) is 1.53. The third-order valence-corrected chi connectivity index (χ3v) is 2.27. The maximum atomic E-state index is 11.1. The van der Waals surface area contributed by atoms with Gasteiger partial charge in [0.15, 0.2) is 0 Å². The summed E-state index contributed by atoms with van der Waals surface area (Å²) in [7, 11) is 1.26. The molecule has 0 saturated heterocycles. The van der Waals surface area contributed by atoms with Gasteiger partial charge in [-0.25, -0.2) is 9.59 Å². The zero-order chi connectivity index (χ0) is 12.3. The van der Waals surface area contributed by atoms with Gasteiger partial charge in [-0.2, -0.15) is 0 Å². The highest BCUT2D eigenvalue weighted by Crippen LogP contribution is 2.27. The van der Waals surface area contributed by atoms with Crippen molar-refractivity contribution >= 4 is 11.9 Å². The molecule has 0 aliphatic carbocycles. The summed E-state index contributed by atoms with van der Waals surface area (Å²) in [5.74, 6) is -2.49. The molecule has 1 aromatic rings. The smallest absolute Gasteiger partial charge is 0.339 e. The number of rotatable bonds is 4. The van der Waals surface area contributed by atoms with E-state index in [4.69, 9.17) is 14.9 Å². The highest BCUT2D eigenvalue weighted by molar-refractivity contribution is 5.99. The van der Waals surface area contributed by atoms with E-state index in [0.717, 1.165) is 0 Å². The lowest BCUT2D eigenvalue weighted by Crippen LogP contribution is -2.10. The molecule has 0 radical (unpaired) electrons. The van der Waals surface area contributed by atoms with E-state index < -0.39 is 11.9 Å². The molecule has 0 bridgehead atoms. The second kappa shape index (κ2) is 4.65. The van der Waals surface area contributed by atoms with Crippen molar-refractivity contribution in [3.63, 3.8) is 0 Å². The Morgan fingerprint density at radius 2 is 1.88 bits per heavy atom. The van der Waals surface area contributed by atoms with Crippen molar-refractivity contribution in [1.82, 2.24) is 0 Å². The van der Waals surface area contributed by atoms with Crippen molar-refractivity contribution in [2.45, 2.75) is 13.3 Å². The molecule has 86 valence electrons. The average molecular weight is 224 g/mol. The Morgan fingerprint density at radius 1 is 1.25 bits per heavy atom. The number of carbonyl (C=O) groups is 2. The lowest BCUT2D eigenvalue weighted by Gasteiger charge is -2.11. The van der Waals surface area contributed by atoms with Crippen molar-refractivity contribution in [2.24, 2.45) is 0 Å². The fourth-order valence-corrected chi connectivity index (χ4v) is 1.53. The number of hydrogen-bond acceptors (Lipinski definition) is 3. The molecule has 0 saturated carbocycles. The standard InChI is InChI=1S/C11H12O5/c1-3-6-4-5-7(10(12)13)9(16-2)8(6)11(14)15/h4-5H,3H2,1-2H3,(H,12,13)(H,14,15). The van der Waals surface area contributed by atoms with E-state index in [2.05, 4.69) is 0 Å². The summed E-state index contributed by atoms with van der Waals surface area (Å²) < 4.78 is 4.88. The Balaban J connectivity index is 3.56. The predicted molar refractivity (Wildman–Crippen MR) is 56.3 cm³/mol. The van der Waals surface area contributed by atoms with Crippen LogP contribution in [-0.4, -0.2) is 29.3 Å². The number of carboxylic acid groups (broad SMARTS) is 2. The van der Waals surface area contributed by atoms with Crippen LogP contribution in [0.25, 0.3) is 0 Å². The quantitative estimate of drug-likeness (QED) is 0.812. The maximum Gasteiger partial charge on any atom is 0.339 e. The fraction of sp³-hybridized carbons (Fsp3) is 0.273. The summed E-state index contributed by atoms with van der Waals surface area (Å²) in [6, 6.07) is 2.85. The summed E-state index contributed by atoms with van der Waals surface area (Å²) in [5, 5.41) is 17.9. The lowest BCUT2D eigenvalue weighted by atomic mass is 10.0. The van der Waals surface area contributed by atoms with Crippen molar-refractivity contribution < 1.29 is 24.5 Å². The molecule has 5 nitrogen and oxygen atoms in total. The van der Waals surface area contributed by atoms with Crippen molar-refractivity contribution in [2.75, 3.05) is 7.11 Å². The molecule has 0 aromatic heterocycles. The van der Waals surface area contributed by atoms with Crippen molar-refractivity contribution in [3.8, 4) is 5.75 Å². The Hall–Kier alpha value is -2.04. The number of aromatic carboxylic acids is 2. The summed E-state index contributed by atoms with van der Waals surface area (Å²) in [4.78, 5) is 21.9. The summed E-state index contributed by atoms with van der Waals surface area (Å²) in [6.45, 7) is 1.79. The second-order valence-corrected chi connectivity index (χ2v) is 3.14. The molecule has 16 heavy (non-hydrogen) atoms. The third kappa shape index (κ3) is 1.98. The number of hydrogen-bond donors (Lipinski definition) is 2. The van der Waals surface area contributed by atoms with E-state index in [1.807, 2.05) is 0 Å². The lowest BCUT2D eigenvalue weighted by molar-refractivity contribution is 0.0690. The van der Waals surface area contributed by atoms with Gasteiger partial charge >= 0.3 is 11.9 Å². The van der Waals surface area contributed by atoms with Gasteiger partial charge < -0.3 is 14.9 Å². The predicted octanol–water partition coefficient (Wildman–Crippen LogP) is 1.65. The Bertz CT molecular complexity index is 436. The van der Waals surface area contributed by atoms with Crippen LogP contribution in [0, 0.1) is 0 Å². The number of carboxylic acids is 2. The van der Waals surface area contributed by atoms with E-state index in [9.17, 15) is 9.59 Å². The normalized spacial score (nSPS) is 9.88. The first-order chi connectivity index (χ1) is 7.52. The molecule has 0 aliphatic rings. The van der Waals surface area contributed by atoms with Gasteiger partial charge in [-0.15, -0.1) is 0 Å². The van der Waals surface area contributed by atoms with Gasteiger partial charge in [0.05, 0.1) is 7.11 Å². The highest BCUT2D eigenvalue weighted by atomic mass is 16.5. The Morgan fingerprint density at radius 3 is 2.25 bits per heavy atom. The zero-order valence-electron chi connectivity index (χ0n) is 8.98. The first-order valence-corrected chi connectivity index (χ1v) is 4.69. The van der Waals surface area contributed by atoms with E-state index in [-0.39, 0.29) is 16.9 Å². The number of ether oxygens (including phenoxy) is 1. The monoisotopic (exact) mass is 224 g/mol. The van der Waals surface area contributed by atoms with Crippen molar-refractivity contribution in [3.05, 3.63) is 28.8 Å². The number of methoxy groups -OCH3 is 1. The van der Waals surface area contributed by atoms with Crippen LogP contribution in [0.1, 0.15) is 33.2 Å². The van der Waals surface area contributed by atoms with Crippen LogP contribution in [0.15, 0.2) is 12.1 Å². The molecule has 5 heteroatoms. The van der Waals surface area contributed by atoms with Gasteiger partial charge in [-0.1, -0.05) is 13.0 Å². The first kappa shape index (κ1) is 12.0. The van der Waals surface area contributed by atoms with Crippen LogP contribution in [0.2, 0.25) is 0 Å². The summed E-state index contributed by atoms with van der Waals surface area (Å²) in [6.07, 6.45) is 0.498. The first-order valence-electron chi connectivity index (χ1n) is 4.69. The van der Waals surface area contributed by atoms with E-state index in [0.29, 0.717) is 12.0 Å². The van der Waals surface area contributed by atoms with Gasteiger partial charge in [0.1, 0.15) is 16.9 Å². The zero-order valence-corrected chi connectivity index (χ0v) is 8.98. The number of benzene rings is 1. The van der Waals surface area contributed by atoms with Gasteiger partial charge in [0.2, 0.25) is 0 Å². The van der Waals surface area contributed by atoms with E-state index in [1.165, 1.54) is 19.2 Å². The molecule has 0 aliphatic heterocycles. The van der Waals surface area contributed by atoms with Gasteiger partial charge in [-0.3, -0.25) is 0 Å². The van der Waals surface area contributed by atoms with Gasteiger partial charge in [-0.05, 0) is 18.1 Å². The van der Waals surface area contributed by atoms with Crippen LogP contribution in [0.4, 0.5) is 0 Å². The largest absolute Gasteiger partial charge is 0.495 e. The molecule has 0 heterocycles. The minimum Gasteiger partial charge on any atom is -0.495 e. The van der Waals surface area contributed by atoms with Gasteiger partial charge in [0, 0.05) is 0 Å². The number of aryl methyl sites for hydroxylation is 1. The third-order valence-electron chi connectivity index (χ3n) is 2.27. The molecule has 1 aromatic carbocycles. The second-order valence-electron chi connectivity index (χ2n) is 3.14. The SMILES string of the molecule is CCc1ccc(C(=O)O)c(OC)c1C(=O)O. The van der Waals surface area contributed by atoms with E-state index in [1.54, 1.807) is 6.92 Å². The topological polar surface area (TPSA) is 83.8 Å². The van der Waals surface area contributed by atoms with Crippen LogP contribution < -0.4 is 4.74 Å². The Kier molecular flexibility index (Phi) is 3.50. The van der Waals surface area contributed by atoms with Crippen molar-refractivity contribution in [1.29, 1.82) is 0 Å². The van der Waals surface area contributed by atoms with Crippen LogP contribution in [0.5, 0.6) is 5.75 Å². The average Bonchev–Trinajstić information content (AvgIpc) is 2.26.